The molecule has 2 aliphatic rings. The minimum Gasteiger partial charge on any atom is -0.495 e. The predicted octanol–water partition coefficient (Wildman–Crippen LogP) is 4.04. The van der Waals surface area contributed by atoms with E-state index in [-0.39, 0.29) is 0 Å². The largest absolute Gasteiger partial charge is 0.495 e. The first-order chi connectivity index (χ1) is 16.6. The van der Waals surface area contributed by atoms with Crippen molar-refractivity contribution in [3.8, 4) is 11.4 Å². The molecule has 1 fully saturated rings. The normalized spacial score (nSPS) is 20.5. The number of hydrogen-bond acceptors (Lipinski definition) is 7. The Balaban J connectivity index is 1.50. The van der Waals surface area contributed by atoms with Crippen LogP contribution in [0, 0.1) is 6.92 Å². The Morgan fingerprint density at radius 1 is 1.18 bits per heavy atom. The van der Waals surface area contributed by atoms with Crippen molar-refractivity contribution in [2.24, 2.45) is 5.16 Å². The van der Waals surface area contributed by atoms with Gasteiger partial charge in [0.15, 0.2) is 5.84 Å². The molecule has 0 N–H and O–H groups in total. The van der Waals surface area contributed by atoms with E-state index in [2.05, 4.69) is 16.2 Å². The topological polar surface area (TPSA) is 78.2 Å². The van der Waals surface area contributed by atoms with Crippen molar-refractivity contribution in [2.75, 3.05) is 20.8 Å². The molecular weight excluding hydrogens is 432 g/mol. The molecule has 0 radical (unpaired) electrons. The zero-order valence-corrected chi connectivity index (χ0v) is 19.4. The molecule has 0 spiro atoms. The quantitative estimate of drug-likeness (QED) is 0.537. The lowest BCUT2D eigenvalue weighted by Crippen LogP contribution is -2.54. The fourth-order valence-corrected chi connectivity index (χ4v) is 4.56. The molecule has 5 rings (SSSR count). The highest BCUT2D eigenvalue weighted by molar-refractivity contribution is 6.06. The Hall–Kier alpha value is -4.07. The van der Waals surface area contributed by atoms with Gasteiger partial charge in [0.05, 0.1) is 31.9 Å². The van der Waals surface area contributed by atoms with Gasteiger partial charge in [-0.2, -0.15) is 0 Å². The standard InChI is InChI=1S/C26H26N4O4/c1-18-16-29(17-27-18)22-12-11-19(15-23(22)32-2)14-20-8-7-13-30-24(20)28-34-26(30,25(31)33-3)21-9-5-4-6-10-21/h4-6,9-12,14-17H,7-8,13H2,1-3H3/b20-14+/t26-/m0/s1. The first kappa shape index (κ1) is 21.8. The van der Waals surface area contributed by atoms with Crippen LogP contribution in [0.4, 0.5) is 0 Å². The summed E-state index contributed by atoms with van der Waals surface area (Å²) in [5.41, 5.74) is 3.05. The second kappa shape index (κ2) is 8.70. The van der Waals surface area contributed by atoms with Gasteiger partial charge in [-0.15, -0.1) is 0 Å². The number of benzene rings is 2. The predicted molar refractivity (Wildman–Crippen MR) is 127 cm³/mol. The van der Waals surface area contributed by atoms with Crippen LogP contribution in [0.2, 0.25) is 0 Å². The molecular formula is C26H26N4O4. The molecule has 2 aromatic carbocycles. The summed E-state index contributed by atoms with van der Waals surface area (Å²) in [5, 5.41) is 4.37. The SMILES string of the molecule is COC(=O)[C@]1(c2ccccc2)ON=C2/C(=C/c3ccc(-n4cnc(C)c4)c(OC)c3)CCCN21. The lowest BCUT2D eigenvalue weighted by atomic mass is 9.94. The van der Waals surface area contributed by atoms with E-state index in [1.54, 1.807) is 13.4 Å². The van der Waals surface area contributed by atoms with Crippen LogP contribution < -0.4 is 4.74 Å². The average Bonchev–Trinajstić information content (AvgIpc) is 3.49. The molecule has 3 aromatic rings. The monoisotopic (exact) mass is 458 g/mol. The van der Waals surface area contributed by atoms with E-state index in [4.69, 9.17) is 14.3 Å². The molecule has 34 heavy (non-hydrogen) atoms. The molecule has 0 amide bonds. The van der Waals surface area contributed by atoms with Crippen LogP contribution in [0.5, 0.6) is 5.75 Å². The fourth-order valence-electron chi connectivity index (χ4n) is 4.56. The highest BCUT2D eigenvalue weighted by Crippen LogP contribution is 2.41. The lowest BCUT2D eigenvalue weighted by Gasteiger charge is -2.37. The molecule has 8 nitrogen and oxygen atoms in total. The van der Waals surface area contributed by atoms with Crippen LogP contribution in [0.25, 0.3) is 11.8 Å². The second-order valence-electron chi connectivity index (χ2n) is 8.29. The molecule has 2 aliphatic heterocycles. The van der Waals surface area contributed by atoms with Gasteiger partial charge >= 0.3 is 11.7 Å². The van der Waals surface area contributed by atoms with E-state index < -0.39 is 11.7 Å². The zero-order chi connectivity index (χ0) is 23.7. The molecule has 0 bridgehead atoms. The Bertz CT molecular complexity index is 1280. The Labute approximate surface area is 198 Å². The molecule has 8 heteroatoms. The Kier molecular flexibility index (Phi) is 5.57. The van der Waals surface area contributed by atoms with Crippen LogP contribution in [0.3, 0.4) is 0 Å². The van der Waals surface area contributed by atoms with Crippen molar-refractivity contribution in [1.29, 1.82) is 0 Å². The van der Waals surface area contributed by atoms with Gasteiger partial charge in [-0.1, -0.05) is 41.6 Å². The van der Waals surface area contributed by atoms with Crippen molar-refractivity contribution in [2.45, 2.75) is 25.5 Å². The highest BCUT2D eigenvalue weighted by atomic mass is 16.7. The molecule has 1 aromatic heterocycles. The molecule has 0 saturated carbocycles. The van der Waals surface area contributed by atoms with Gasteiger partial charge in [-0.05, 0) is 49.1 Å². The number of ether oxygens (including phenoxy) is 2. The summed E-state index contributed by atoms with van der Waals surface area (Å²) < 4.78 is 12.8. The number of amidine groups is 1. The number of aromatic nitrogens is 2. The number of esters is 1. The first-order valence-electron chi connectivity index (χ1n) is 11.1. The number of aryl methyl sites for hydroxylation is 1. The number of carbonyl (C=O) groups is 1. The van der Waals surface area contributed by atoms with Crippen LogP contribution >= 0.6 is 0 Å². The zero-order valence-electron chi connectivity index (χ0n) is 19.4. The number of hydrogen-bond donors (Lipinski definition) is 0. The van der Waals surface area contributed by atoms with E-state index in [0.29, 0.717) is 17.9 Å². The van der Waals surface area contributed by atoms with Crippen molar-refractivity contribution in [3.05, 3.63) is 83.4 Å². The number of piperidine rings is 1. The molecule has 1 saturated heterocycles. The van der Waals surface area contributed by atoms with E-state index in [1.807, 2.05) is 71.1 Å². The van der Waals surface area contributed by atoms with E-state index in [0.717, 1.165) is 41.1 Å². The van der Waals surface area contributed by atoms with Crippen molar-refractivity contribution in [3.63, 3.8) is 0 Å². The summed E-state index contributed by atoms with van der Waals surface area (Å²) in [7, 11) is 3.02. The van der Waals surface area contributed by atoms with E-state index in [1.165, 1.54) is 7.11 Å². The van der Waals surface area contributed by atoms with Gasteiger partial charge in [0.25, 0.3) is 0 Å². The summed E-state index contributed by atoms with van der Waals surface area (Å²) >= 11 is 0. The number of rotatable bonds is 5. The van der Waals surface area contributed by atoms with Gasteiger partial charge < -0.3 is 23.8 Å². The summed E-state index contributed by atoms with van der Waals surface area (Å²) in [5.74, 6) is 0.881. The average molecular weight is 459 g/mol. The fraction of sp³-hybridized carbons (Fsp3) is 0.269. The van der Waals surface area contributed by atoms with Crippen LogP contribution in [0.15, 0.2) is 71.8 Å². The molecule has 3 heterocycles. The maximum absolute atomic E-state index is 13.0. The molecule has 174 valence electrons. The number of carbonyl (C=O) groups excluding carboxylic acids is 1. The Morgan fingerprint density at radius 3 is 2.71 bits per heavy atom. The van der Waals surface area contributed by atoms with Gasteiger partial charge in [0.1, 0.15) is 5.75 Å². The summed E-state index contributed by atoms with van der Waals surface area (Å²) in [6, 6.07) is 15.4. The molecule has 0 unspecified atom stereocenters. The molecule has 0 aliphatic carbocycles. The third-order valence-electron chi connectivity index (χ3n) is 6.18. The van der Waals surface area contributed by atoms with Crippen molar-refractivity contribution < 1.29 is 19.1 Å². The van der Waals surface area contributed by atoms with Crippen LogP contribution in [0.1, 0.15) is 29.7 Å². The number of oxime groups is 1. The number of nitrogens with zero attached hydrogens (tertiary/aromatic N) is 4. The summed E-state index contributed by atoms with van der Waals surface area (Å²) in [4.78, 5) is 25.1. The van der Waals surface area contributed by atoms with Crippen molar-refractivity contribution >= 4 is 17.9 Å². The minimum atomic E-state index is -1.42. The maximum Gasteiger partial charge on any atom is 0.380 e. The van der Waals surface area contributed by atoms with E-state index in [9.17, 15) is 4.79 Å². The summed E-state index contributed by atoms with van der Waals surface area (Å²) in [6.45, 7) is 2.58. The van der Waals surface area contributed by atoms with Gasteiger partial charge in [0, 0.05) is 18.3 Å². The third kappa shape index (κ3) is 3.51. The molecule has 1 atom stereocenters. The third-order valence-corrected chi connectivity index (χ3v) is 6.18. The first-order valence-corrected chi connectivity index (χ1v) is 11.1. The highest BCUT2D eigenvalue weighted by Gasteiger charge is 2.56. The van der Waals surface area contributed by atoms with Crippen molar-refractivity contribution in [1.82, 2.24) is 14.5 Å². The number of imidazole rings is 1. The van der Waals surface area contributed by atoms with Gasteiger partial charge in [0.2, 0.25) is 0 Å². The van der Waals surface area contributed by atoms with Crippen LogP contribution in [-0.2, 0) is 20.1 Å². The van der Waals surface area contributed by atoms with Gasteiger partial charge in [-0.3, -0.25) is 0 Å². The second-order valence-corrected chi connectivity index (χ2v) is 8.29. The number of fused-ring (bicyclic) bond motifs is 1. The Morgan fingerprint density at radius 2 is 2.00 bits per heavy atom. The number of methoxy groups -OCH3 is 2. The minimum absolute atomic E-state index is 0.500. The van der Waals surface area contributed by atoms with Gasteiger partial charge in [-0.25, -0.2) is 9.78 Å². The smallest absolute Gasteiger partial charge is 0.380 e. The summed E-state index contributed by atoms with van der Waals surface area (Å²) in [6.07, 6.45) is 7.46. The van der Waals surface area contributed by atoms with E-state index >= 15 is 0 Å². The lowest BCUT2D eigenvalue weighted by molar-refractivity contribution is -0.186. The maximum atomic E-state index is 13.0. The van der Waals surface area contributed by atoms with Crippen LogP contribution in [-0.4, -0.2) is 47.0 Å².